The number of fused-ring (bicyclic) bond motifs is 1. The molecule has 0 aliphatic carbocycles. The standard InChI is InChI=1S/C27H24BrNO3/c1-29(2)27(30)25-16-24(19-10-12-20(28)13-11-19)22-6-4-5-7-23(22)26(25)32-17-18-8-14-21(31-3)15-9-18/h4-16H,17H2,1-3H3. The molecule has 4 aromatic carbocycles. The Hall–Kier alpha value is -3.31. The number of hydrogen-bond acceptors (Lipinski definition) is 3. The molecule has 4 rings (SSSR count). The number of rotatable bonds is 6. The second-order valence-electron chi connectivity index (χ2n) is 7.69. The van der Waals surface area contributed by atoms with E-state index < -0.39 is 0 Å². The molecule has 0 aliphatic heterocycles. The SMILES string of the molecule is COc1ccc(COc2c(C(=O)N(C)C)cc(-c3ccc(Br)cc3)c3ccccc23)cc1. The molecular weight excluding hydrogens is 466 g/mol. The smallest absolute Gasteiger partial charge is 0.257 e. The molecule has 1 amide bonds. The molecule has 32 heavy (non-hydrogen) atoms. The lowest BCUT2D eigenvalue weighted by Crippen LogP contribution is -2.22. The van der Waals surface area contributed by atoms with E-state index in [-0.39, 0.29) is 5.91 Å². The van der Waals surface area contributed by atoms with Crippen molar-refractivity contribution in [3.63, 3.8) is 0 Å². The molecule has 0 heterocycles. The van der Waals surface area contributed by atoms with Gasteiger partial charge in [-0.25, -0.2) is 0 Å². The topological polar surface area (TPSA) is 38.8 Å². The maximum absolute atomic E-state index is 13.2. The average Bonchev–Trinajstić information content (AvgIpc) is 2.82. The minimum atomic E-state index is -0.0983. The lowest BCUT2D eigenvalue weighted by molar-refractivity contribution is 0.0823. The minimum absolute atomic E-state index is 0.0983. The van der Waals surface area contributed by atoms with Crippen molar-refractivity contribution in [3.05, 3.63) is 94.5 Å². The molecule has 0 atom stereocenters. The van der Waals surface area contributed by atoms with Gasteiger partial charge >= 0.3 is 0 Å². The summed E-state index contributed by atoms with van der Waals surface area (Å²) in [4.78, 5) is 14.7. The molecule has 0 spiro atoms. The summed E-state index contributed by atoms with van der Waals surface area (Å²) in [6, 6.07) is 25.8. The normalized spacial score (nSPS) is 10.8. The van der Waals surface area contributed by atoms with Gasteiger partial charge in [0.15, 0.2) is 0 Å². The van der Waals surface area contributed by atoms with Gasteiger partial charge in [-0.2, -0.15) is 0 Å². The van der Waals surface area contributed by atoms with Gasteiger partial charge in [0, 0.05) is 24.0 Å². The van der Waals surface area contributed by atoms with Gasteiger partial charge in [0.25, 0.3) is 5.91 Å². The van der Waals surface area contributed by atoms with Gasteiger partial charge in [-0.15, -0.1) is 0 Å². The van der Waals surface area contributed by atoms with Crippen LogP contribution in [0.1, 0.15) is 15.9 Å². The van der Waals surface area contributed by atoms with Crippen LogP contribution in [0.15, 0.2) is 83.3 Å². The van der Waals surface area contributed by atoms with Gasteiger partial charge < -0.3 is 14.4 Å². The van der Waals surface area contributed by atoms with Crippen molar-refractivity contribution in [2.45, 2.75) is 6.61 Å². The molecule has 4 aromatic rings. The Morgan fingerprint density at radius 3 is 2.19 bits per heavy atom. The minimum Gasteiger partial charge on any atom is -0.497 e. The van der Waals surface area contributed by atoms with Crippen LogP contribution >= 0.6 is 15.9 Å². The van der Waals surface area contributed by atoms with Crippen molar-refractivity contribution in [1.29, 1.82) is 0 Å². The first-order chi connectivity index (χ1) is 15.5. The highest BCUT2D eigenvalue weighted by Crippen LogP contribution is 2.39. The summed E-state index contributed by atoms with van der Waals surface area (Å²) in [6.07, 6.45) is 0. The molecule has 0 aliphatic rings. The number of carbonyl (C=O) groups is 1. The summed E-state index contributed by atoms with van der Waals surface area (Å²) >= 11 is 3.50. The first-order valence-electron chi connectivity index (χ1n) is 10.3. The van der Waals surface area contributed by atoms with Crippen LogP contribution < -0.4 is 9.47 Å². The maximum atomic E-state index is 13.2. The summed E-state index contributed by atoms with van der Waals surface area (Å²) in [5.74, 6) is 1.29. The van der Waals surface area contributed by atoms with Gasteiger partial charge in [-0.05, 0) is 52.4 Å². The van der Waals surface area contributed by atoms with Crippen LogP contribution in [-0.2, 0) is 6.61 Å². The summed E-state index contributed by atoms with van der Waals surface area (Å²) in [6.45, 7) is 0.347. The van der Waals surface area contributed by atoms with E-state index in [0.717, 1.165) is 37.7 Å². The van der Waals surface area contributed by atoms with E-state index in [1.165, 1.54) is 0 Å². The fourth-order valence-electron chi connectivity index (χ4n) is 3.65. The lowest BCUT2D eigenvalue weighted by Gasteiger charge is -2.19. The van der Waals surface area contributed by atoms with Gasteiger partial charge in [0.2, 0.25) is 0 Å². The fourth-order valence-corrected chi connectivity index (χ4v) is 3.91. The van der Waals surface area contributed by atoms with Crippen LogP contribution in [0.3, 0.4) is 0 Å². The second-order valence-corrected chi connectivity index (χ2v) is 8.61. The van der Waals surface area contributed by atoms with E-state index in [9.17, 15) is 4.79 Å². The zero-order chi connectivity index (χ0) is 22.7. The van der Waals surface area contributed by atoms with Crippen molar-refractivity contribution in [1.82, 2.24) is 4.90 Å². The van der Waals surface area contributed by atoms with Gasteiger partial charge in [0.05, 0.1) is 12.7 Å². The molecule has 0 bridgehead atoms. The summed E-state index contributed by atoms with van der Waals surface area (Å²) in [7, 11) is 5.15. The lowest BCUT2D eigenvalue weighted by atomic mass is 9.94. The third-order valence-electron chi connectivity index (χ3n) is 5.33. The number of benzene rings is 4. The molecule has 0 unspecified atom stereocenters. The zero-order valence-corrected chi connectivity index (χ0v) is 19.8. The Kier molecular flexibility index (Phi) is 6.47. The predicted octanol–water partition coefficient (Wildman–Crippen LogP) is 6.56. The molecule has 0 saturated heterocycles. The monoisotopic (exact) mass is 489 g/mol. The quantitative estimate of drug-likeness (QED) is 0.307. The van der Waals surface area contributed by atoms with Crippen molar-refractivity contribution >= 4 is 32.6 Å². The van der Waals surface area contributed by atoms with Crippen LogP contribution in [0.25, 0.3) is 21.9 Å². The zero-order valence-electron chi connectivity index (χ0n) is 18.3. The Labute approximate surface area is 196 Å². The van der Waals surface area contributed by atoms with Crippen LogP contribution in [0.4, 0.5) is 0 Å². The highest BCUT2D eigenvalue weighted by Gasteiger charge is 2.21. The molecular formula is C27H24BrNO3. The molecule has 5 heteroatoms. The summed E-state index contributed by atoms with van der Waals surface area (Å²) in [5, 5.41) is 1.95. The molecule has 0 saturated carbocycles. The molecule has 0 radical (unpaired) electrons. The highest BCUT2D eigenvalue weighted by atomic mass is 79.9. The van der Waals surface area contributed by atoms with Crippen molar-refractivity contribution in [2.75, 3.05) is 21.2 Å². The number of hydrogen-bond donors (Lipinski definition) is 0. The van der Waals surface area contributed by atoms with Crippen LogP contribution in [0.5, 0.6) is 11.5 Å². The molecule has 0 fully saturated rings. The Morgan fingerprint density at radius 1 is 0.906 bits per heavy atom. The largest absolute Gasteiger partial charge is 0.497 e. The number of halogens is 1. The van der Waals surface area contributed by atoms with E-state index in [1.807, 2.05) is 72.8 Å². The molecule has 0 aromatic heterocycles. The number of methoxy groups -OCH3 is 1. The van der Waals surface area contributed by atoms with Crippen molar-refractivity contribution < 1.29 is 14.3 Å². The first-order valence-corrected chi connectivity index (χ1v) is 11.1. The Balaban J connectivity index is 1.84. The second kappa shape index (κ2) is 9.45. The van der Waals surface area contributed by atoms with E-state index in [2.05, 4.69) is 22.0 Å². The third kappa shape index (κ3) is 4.48. The van der Waals surface area contributed by atoms with Crippen molar-refractivity contribution in [2.24, 2.45) is 0 Å². The van der Waals surface area contributed by atoms with Crippen LogP contribution in [0.2, 0.25) is 0 Å². The van der Waals surface area contributed by atoms with Gasteiger partial charge in [-0.3, -0.25) is 4.79 Å². The van der Waals surface area contributed by atoms with Gasteiger partial charge in [0.1, 0.15) is 18.1 Å². The van der Waals surface area contributed by atoms with E-state index >= 15 is 0 Å². The van der Waals surface area contributed by atoms with E-state index in [0.29, 0.717) is 17.9 Å². The maximum Gasteiger partial charge on any atom is 0.257 e. The van der Waals surface area contributed by atoms with Crippen molar-refractivity contribution in [3.8, 4) is 22.6 Å². The Bertz CT molecular complexity index is 1250. The van der Waals surface area contributed by atoms with Gasteiger partial charge in [-0.1, -0.05) is 64.5 Å². The van der Waals surface area contributed by atoms with E-state index in [1.54, 1.807) is 26.1 Å². The summed E-state index contributed by atoms with van der Waals surface area (Å²) < 4.78 is 12.5. The van der Waals surface area contributed by atoms with Crippen LogP contribution in [0, 0.1) is 0 Å². The fraction of sp³-hybridized carbons (Fsp3) is 0.148. The number of carbonyl (C=O) groups excluding carboxylic acids is 1. The molecule has 162 valence electrons. The number of ether oxygens (including phenoxy) is 2. The summed E-state index contributed by atoms with van der Waals surface area (Å²) in [5.41, 5.74) is 3.57. The predicted molar refractivity (Wildman–Crippen MR) is 132 cm³/mol. The average molecular weight is 490 g/mol. The first kappa shape index (κ1) is 21.9. The van der Waals surface area contributed by atoms with E-state index in [4.69, 9.17) is 9.47 Å². The Morgan fingerprint density at radius 2 is 1.56 bits per heavy atom. The number of nitrogens with zero attached hydrogens (tertiary/aromatic N) is 1. The molecule has 4 nitrogen and oxygen atoms in total. The third-order valence-corrected chi connectivity index (χ3v) is 5.86. The highest BCUT2D eigenvalue weighted by molar-refractivity contribution is 9.10. The number of amides is 1. The molecule has 0 N–H and O–H groups in total. The van der Waals surface area contributed by atoms with Crippen LogP contribution in [-0.4, -0.2) is 32.0 Å².